The molecule has 0 aliphatic carbocycles. The third kappa shape index (κ3) is 6.11. The molecular formula is C21H21BrN2O5S. The van der Waals surface area contributed by atoms with Crippen LogP contribution in [0, 0.1) is 0 Å². The van der Waals surface area contributed by atoms with Gasteiger partial charge in [-0.2, -0.15) is 8.42 Å². The van der Waals surface area contributed by atoms with E-state index in [1.807, 2.05) is 18.2 Å². The molecule has 1 N–H and O–H groups in total. The second kappa shape index (κ2) is 9.82. The summed E-state index contributed by atoms with van der Waals surface area (Å²) in [6.45, 7) is 1.97. The molecule has 1 heterocycles. The molecule has 1 aromatic heterocycles. The second-order valence-electron chi connectivity index (χ2n) is 6.42. The lowest BCUT2D eigenvalue weighted by Gasteiger charge is -2.23. The summed E-state index contributed by atoms with van der Waals surface area (Å²) in [5.74, 6) is 0.702. The van der Waals surface area contributed by atoms with Crippen LogP contribution in [0.25, 0.3) is 0 Å². The second-order valence-corrected chi connectivity index (χ2v) is 9.14. The molecule has 0 radical (unpaired) electrons. The first-order valence-electron chi connectivity index (χ1n) is 9.20. The predicted octanol–water partition coefficient (Wildman–Crippen LogP) is 5.00. The SMILES string of the molecule is CCS(=O)(=O)Oc1cccc(CN(Cc2ccco2)C(=O)Nc2ccccc2Br)c1. The first-order valence-corrected chi connectivity index (χ1v) is 11.6. The van der Waals surface area contributed by atoms with Crippen molar-refractivity contribution in [1.82, 2.24) is 4.90 Å². The summed E-state index contributed by atoms with van der Waals surface area (Å²) in [6, 6.07) is 17.2. The lowest BCUT2D eigenvalue weighted by Crippen LogP contribution is -2.34. The molecule has 0 saturated carbocycles. The molecule has 3 rings (SSSR count). The van der Waals surface area contributed by atoms with Gasteiger partial charge in [0.05, 0.1) is 24.2 Å². The van der Waals surface area contributed by atoms with E-state index in [1.54, 1.807) is 53.6 Å². The number of rotatable bonds is 8. The van der Waals surface area contributed by atoms with Crippen molar-refractivity contribution in [1.29, 1.82) is 0 Å². The largest absolute Gasteiger partial charge is 0.467 e. The molecule has 0 spiro atoms. The highest BCUT2D eigenvalue weighted by Gasteiger charge is 2.18. The average molecular weight is 493 g/mol. The smallest absolute Gasteiger partial charge is 0.322 e. The van der Waals surface area contributed by atoms with E-state index >= 15 is 0 Å². The van der Waals surface area contributed by atoms with E-state index in [4.69, 9.17) is 8.60 Å². The molecule has 0 unspecified atom stereocenters. The molecule has 2 amide bonds. The van der Waals surface area contributed by atoms with Crippen molar-refractivity contribution >= 4 is 37.8 Å². The van der Waals surface area contributed by atoms with Gasteiger partial charge >= 0.3 is 16.1 Å². The number of carbonyl (C=O) groups is 1. The van der Waals surface area contributed by atoms with Crippen molar-refractivity contribution in [2.75, 3.05) is 11.1 Å². The molecule has 158 valence electrons. The average Bonchev–Trinajstić information content (AvgIpc) is 3.22. The van der Waals surface area contributed by atoms with Crippen LogP contribution in [0.15, 0.2) is 75.8 Å². The van der Waals surface area contributed by atoms with Gasteiger partial charge in [0, 0.05) is 11.0 Å². The number of hydrogen-bond acceptors (Lipinski definition) is 5. The molecule has 0 saturated heterocycles. The van der Waals surface area contributed by atoms with E-state index in [-0.39, 0.29) is 30.6 Å². The van der Waals surface area contributed by atoms with Crippen molar-refractivity contribution in [2.45, 2.75) is 20.0 Å². The number of para-hydroxylation sites is 1. The molecule has 0 aliphatic rings. The van der Waals surface area contributed by atoms with Gasteiger partial charge in [0.2, 0.25) is 0 Å². The topological polar surface area (TPSA) is 88.9 Å². The number of hydrogen-bond donors (Lipinski definition) is 1. The molecule has 2 aromatic carbocycles. The van der Waals surface area contributed by atoms with E-state index < -0.39 is 10.1 Å². The number of halogens is 1. The van der Waals surface area contributed by atoms with Gasteiger partial charge in [-0.1, -0.05) is 24.3 Å². The standard InChI is InChI=1S/C21H21BrN2O5S/c1-2-30(26,27)29-17-8-5-7-16(13-17)14-24(15-18-9-6-12-28-18)21(25)23-20-11-4-3-10-19(20)22/h3-13H,2,14-15H2,1H3,(H,23,25). The van der Waals surface area contributed by atoms with Crippen molar-refractivity contribution in [3.63, 3.8) is 0 Å². The van der Waals surface area contributed by atoms with Crippen LogP contribution in [0.5, 0.6) is 5.75 Å². The summed E-state index contributed by atoms with van der Waals surface area (Å²) >= 11 is 3.42. The number of urea groups is 1. The van der Waals surface area contributed by atoms with Crippen LogP contribution in [0.2, 0.25) is 0 Å². The third-order valence-electron chi connectivity index (χ3n) is 4.18. The van der Waals surface area contributed by atoms with Gasteiger partial charge in [-0.05, 0) is 64.8 Å². The highest BCUT2D eigenvalue weighted by atomic mass is 79.9. The molecule has 9 heteroatoms. The van der Waals surface area contributed by atoms with Crippen molar-refractivity contribution in [3.05, 3.63) is 82.7 Å². The van der Waals surface area contributed by atoms with Gasteiger partial charge in [0.15, 0.2) is 0 Å². The number of amides is 2. The number of furan rings is 1. The van der Waals surface area contributed by atoms with Crippen LogP contribution in [0.4, 0.5) is 10.5 Å². The fraction of sp³-hybridized carbons (Fsp3) is 0.190. The highest BCUT2D eigenvalue weighted by molar-refractivity contribution is 9.10. The number of benzene rings is 2. The van der Waals surface area contributed by atoms with Gasteiger partial charge in [-0.15, -0.1) is 0 Å². The van der Waals surface area contributed by atoms with Crippen LogP contribution in [0.1, 0.15) is 18.2 Å². The molecular weight excluding hydrogens is 472 g/mol. The summed E-state index contributed by atoms with van der Waals surface area (Å²) in [4.78, 5) is 14.5. The highest BCUT2D eigenvalue weighted by Crippen LogP contribution is 2.23. The normalized spacial score (nSPS) is 11.1. The summed E-state index contributed by atoms with van der Waals surface area (Å²) in [6.07, 6.45) is 1.54. The van der Waals surface area contributed by atoms with Crippen molar-refractivity contribution < 1.29 is 21.8 Å². The van der Waals surface area contributed by atoms with Gasteiger partial charge in [0.1, 0.15) is 11.5 Å². The minimum atomic E-state index is -3.63. The molecule has 0 atom stereocenters. The summed E-state index contributed by atoms with van der Waals surface area (Å²) in [5.41, 5.74) is 1.35. The van der Waals surface area contributed by atoms with Gasteiger partial charge in [0.25, 0.3) is 0 Å². The van der Waals surface area contributed by atoms with Crippen molar-refractivity contribution in [2.24, 2.45) is 0 Å². The number of carbonyl (C=O) groups excluding carboxylic acids is 1. The van der Waals surface area contributed by atoms with Crippen molar-refractivity contribution in [3.8, 4) is 5.75 Å². The van der Waals surface area contributed by atoms with E-state index in [9.17, 15) is 13.2 Å². The van der Waals surface area contributed by atoms with Crippen LogP contribution >= 0.6 is 15.9 Å². The Kier molecular flexibility index (Phi) is 7.17. The van der Waals surface area contributed by atoms with Gasteiger partial charge in [-0.25, -0.2) is 4.79 Å². The van der Waals surface area contributed by atoms with Crippen LogP contribution in [0.3, 0.4) is 0 Å². The zero-order chi connectivity index (χ0) is 21.6. The maximum absolute atomic E-state index is 13.0. The number of nitrogens with one attached hydrogen (secondary N) is 1. The molecule has 0 bridgehead atoms. The predicted molar refractivity (Wildman–Crippen MR) is 118 cm³/mol. The van der Waals surface area contributed by atoms with Crippen LogP contribution < -0.4 is 9.50 Å². The Balaban J connectivity index is 1.81. The molecule has 0 aliphatic heterocycles. The lowest BCUT2D eigenvalue weighted by atomic mass is 10.2. The van der Waals surface area contributed by atoms with Crippen LogP contribution in [-0.2, 0) is 23.2 Å². The first-order chi connectivity index (χ1) is 14.4. The number of nitrogens with zero attached hydrogens (tertiary/aromatic N) is 1. The Bertz CT molecular complexity index is 1100. The fourth-order valence-electron chi connectivity index (χ4n) is 2.67. The van der Waals surface area contributed by atoms with Gasteiger partial charge < -0.3 is 18.8 Å². The number of anilines is 1. The maximum atomic E-state index is 13.0. The van der Waals surface area contributed by atoms with Gasteiger partial charge in [-0.3, -0.25) is 0 Å². The quantitative estimate of drug-likeness (QED) is 0.446. The molecule has 7 nitrogen and oxygen atoms in total. The summed E-state index contributed by atoms with van der Waals surface area (Å²) in [5, 5.41) is 2.88. The minimum Gasteiger partial charge on any atom is -0.467 e. The zero-order valence-electron chi connectivity index (χ0n) is 16.2. The lowest BCUT2D eigenvalue weighted by molar-refractivity contribution is 0.201. The van der Waals surface area contributed by atoms with Crippen LogP contribution in [-0.4, -0.2) is 25.1 Å². The molecule has 0 fully saturated rings. The van der Waals surface area contributed by atoms with E-state index in [1.165, 1.54) is 6.92 Å². The Morgan fingerprint density at radius 3 is 2.60 bits per heavy atom. The molecule has 3 aromatic rings. The van der Waals surface area contributed by atoms with E-state index in [2.05, 4.69) is 21.2 Å². The molecule has 30 heavy (non-hydrogen) atoms. The minimum absolute atomic E-state index is 0.129. The Hall–Kier alpha value is -2.78. The van der Waals surface area contributed by atoms with E-state index in [0.717, 1.165) is 4.47 Å². The Morgan fingerprint density at radius 1 is 1.10 bits per heavy atom. The van der Waals surface area contributed by atoms with E-state index in [0.29, 0.717) is 17.0 Å². The third-order valence-corrected chi connectivity index (χ3v) is 6.02. The first kappa shape index (κ1) is 21.9. The maximum Gasteiger partial charge on any atom is 0.322 e. The zero-order valence-corrected chi connectivity index (χ0v) is 18.6. The summed E-state index contributed by atoms with van der Waals surface area (Å²) in [7, 11) is -3.63. The monoisotopic (exact) mass is 492 g/mol. The summed E-state index contributed by atoms with van der Waals surface area (Å²) < 4.78 is 34.7. The Morgan fingerprint density at radius 2 is 1.90 bits per heavy atom. The fourth-order valence-corrected chi connectivity index (χ4v) is 3.57. The Labute approximate surface area is 183 Å².